The van der Waals surface area contributed by atoms with Crippen molar-refractivity contribution in [2.75, 3.05) is 19.6 Å². The fourth-order valence-corrected chi connectivity index (χ4v) is 2.42. The van der Waals surface area contributed by atoms with E-state index in [4.69, 9.17) is 0 Å². The van der Waals surface area contributed by atoms with Gasteiger partial charge < -0.3 is 10.0 Å². The Labute approximate surface area is 102 Å². The Hall–Kier alpha value is -0.930. The van der Waals surface area contributed by atoms with E-state index in [9.17, 15) is 9.50 Å². The summed E-state index contributed by atoms with van der Waals surface area (Å²) in [4.78, 5) is 2.31. The third-order valence-corrected chi connectivity index (χ3v) is 3.54. The van der Waals surface area contributed by atoms with Crippen LogP contribution in [-0.2, 0) is 5.60 Å². The van der Waals surface area contributed by atoms with Crippen LogP contribution in [0.4, 0.5) is 4.39 Å². The molecule has 2 nitrogen and oxygen atoms in total. The largest absolute Gasteiger partial charge is 0.385 e. The summed E-state index contributed by atoms with van der Waals surface area (Å²) in [7, 11) is 0. The molecule has 0 saturated carbocycles. The molecular weight excluding hydrogens is 217 g/mol. The fourth-order valence-electron chi connectivity index (χ4n) is 2.42. The number of piperidine rings is 1. The van der Waals surface area contributed by atoms with Gasteiger partial charge in [0.05, 0.1) is 5.60 Å². The second-order valence-corrected chi connectivity index (χ2v) is 4.73. The maximum Gasteiger partial charge on any atom is 0.123 e. The molecule has 2 rings (SSSR count). The molecule has 1 saturated heterocycles. The van der Waals surface area contributed by atoms with Crippen molar-refractivity contribution >= 4 is 0 Å². The first-order valence-corrected chi connectivity index (χ1v) is 6.14. The Bertz CT molecular complexity index is 355. The molecule has 0 amide bonds. The average molecular weight is 236 g/mol. The first-order valence-electron chi connectivity index (χ1n) is 6.14. The Morgan fingerprint density at radius 2 is 1.82 bits per heavy atom. The maximum absolute atomic E-state index is 12.8. The van der Waals surface area contributed by atoms with E-state index in [0.29, 0.717) is 12.8 Å². The summed E-state index contributed by atoms with van der Waals surface area (Å²) in [5.74, 6) is -0.258. The van der Waals surface area contributed by atoms with E-state index < -0.39 is 5.60 Å². The van der Waals surface area contributed by atoms with Crippen molar-refractivity contribution in [1.29, 1.82) is 0 Å². The van der Waals surface area contributed by atoms with Gasteiger partial charge in [0.15, 0.2) is 0 Å². The Morgan fingerprint density at radius 1 is 1.24 bits per heavy atom. The minimum atomic E-state index is -0.786. The first kappa shape index (κ1) is 12.5. The summed E-state index contributed by atoms with van der Waals surface area (Å²) in [6, 6.07) is 6.20. The number of hydrogen-bond acceptors (Lipinski definition) is 2. The molecule has 0 spiro atoms. The number of halogens is 1. The summed E-state index contributed by atoms with van der Waals surface area (Å²) >= 11 is 0. The summed E-state index contributed by atoms with van der Waals surface area (Å²) < 4.78 is 12.8. The van der Waals surface area contributed by atoms with Crippen LogP contribution >= 0.6 is 0 Å². The molecular formula is C14H19FNO. The molecule has 0 bridgehead atoms. The number of likely N-dealkylation sites (tertiary alicyclic amines) is 1. The average Bonchev–Trinajstić information content (AvgIpc) is 2.33. The molecule has 1 radical (unpaired) electrons. The molecule has 0 atom stereocenters. The molecule has 1 N–H and O–H groups in total. The van der Waals surface area contributed by atoms with Crippen LogP contribution in [0.25, 0.3) is 0 Å². The number of hydrogen-bond donors (Lipinski definition) is 1. The van der Waals surface area contributed by atoms with Crippen molar-refractivity contribution in [2.45, 2.75) is 24.9 Å². The van der Waals surface area contributed by atoms with Crippen LogP contribution in [0.3, 0.4) is 0 Å². The monoisotopic (exact) mass is 236 g/mol. The van der Waals surface area contributed by atoms with Gasteiger partial charge in [-0.05, 0) is 43.5 Å². The highest BCUT2D eigenvalue weighted by atomic mass is 19.1. The molecule has 93 valence electrons. The molecule has 0 aromatic heterocycles. The van der Waals surface area contributed by atoms with E-state index in [1.807, 2.05) is 0 Å². The van der Waals surface area contributed by atoms with Gasteiger partial charge in [0.25, 0.3) is 0 Å². The van der Waals surface area contributed by atoms with Gasteiger partial charge in [-0.3, -0.25) is 0 Å². The molecule has 3 heteroatoms. The highest BCUT2D eigenvalue weighted by Crippen LogP contribution is 2.32. The normalized spacial score (nSPS) is 20.4. The minimum Gasteiger partial charge on any atom is -0.385 e. The van der Waals surface area contributed by atoms with E-state index in [0.717, 1.165) is 31.6 Å². The molecule has 0 unspecified atom stereocenters. The van der Waals surface area contributed by atoms with Crippen molar-refractivity contribution in [3.63, 3.8) is 0 Å². The number of aliphatic hydroxyl groups is 1. The zero-order valence-corrected chi connectivity index (χ0v) is 10.0. The van der Waals surface area contributed by atoms with Crippen molar-refractivity contribution in [3.05, 3.63) is 42.6 Å². The maximum atomic E-state index is 12.8. The van der Waals surface area contributed by atoms with Gasteiger partial charge in [-0.1, -0.05) is 19.1 Å². The summed E-state index contributed by atoms with van der Waals surface area (Å²) in [5.41, 5.74) is 0.0407. The van der Waals surface area contributed by atoms with Gasteiger partial charge in [-0.15, -0.1) is 0 Å². The highest BCUT2D eigenvalue weighted by molar-refractivity contribution is 5.23. The van der Waals surface area contributed by atoms with E-state index in [-0.39, 0.29) is 5.82 Å². The molecule has 1 heterocycles. The van der Waals surface area contributed by atoms with Crippen LogP contribution in [-0.4, -0.2) is 29.6 Å². The fraction of sp³-hybridized carbons (Fsp3) is 0.500. The Kier molecular flexibility index (Phi) is 3.79. The van der Waals surface area contributed by atoms with Crippen LogP contribution in [0.5, 0.6) is 0 Å². The zero-order valence-electron chi connectivity index (χ0n) is 10.0. The SMILES string of the molecule is [CH2]CCN1CCC(O)(c2ccc(F)cc2)CC1. The Balaban J connectivity index is 2.04. The first-order chi connectivity index (χ1) is 8.14. The lowest BCUT2D eigenvalue weighted by atomic mass is 9.84. The number of benzene rings is 1. The third kappa shape index (κ3) is 2.85. The van der Waals surface area contributed by atoms with E-state index in [1.54, 1.807) is 12.1 Å². The van der Waals surface area contributed by atoms with Crippen LogP contribution < -0.4 is 0 Å². The molecule has 0 aliphatic carbocycles. The van der Waals surface area contributed by atoms with Gasteiger partial charge >= 0.3 is 0 Å². The molecule has 1 fully saturated rings. The second-order valence-electron chi connectivity index (χ2n) is 4.73. The van der Waals surface area contributed by atoms with Gasteiger partial charge in [-0.2, -0.15) is 0 Å². The van der Waals surface area contributed by atoms with Gasteiger partial charge in [0.1, 0.15) is 5.82 Å². The van der Waals surface area contributed by atoms with E-state index in [2.05, 4.69) is 11.8 Å². The standard InChI is InChI=1S/C14H19FNO/c1-2-9-16-10-7-14(17,8-11-16)12-3-5-13(15)6-4-12/h3-6,17H,1-2,7-11H2. The number of nitrogens with zero attached hydrogens (tertiary/aromatic N) is 1. The molecule has 1 aromatic rings. The van der Waals surface area contributed by atoms with Crippen LogP contribution in [0.15, 0.2) is 24.3 Å². The summed E-state index contributed by atoms with van der Waals surface area (Å²) in [6.45, 7) is 6.58. The van der Waals surface area contributed by atoms with Crippen LogP contribution in [0.2, 0.25) is 0 Å². The van der Waals surface area contributed by atoms with Crippen molar-refractivity contribution in [1.82, 2.24) is 4.90 Å². The molecule has 1 aliphatic rings. The van der Waals surface area contributed by atoms with Crippen LogP contribution in [0, 0.1) is 12.7 Å². The predicted molar refractivity (Wildman–Crippen MR) is 65.9 cm³/mol. The summed E-state index contributed by atoms with van der Waals surface area (Å²) in [6.07, 6.45) is 2.31. The van der Waals surface area contributed by atoms with Gasteiger partial charge in [-0.25, -0.2) is 4.39 Å². The molecule has 1 aliphatic heterocycles. The smallest absolute Gasteiger partial charge is 0.123 e. The van der Waals surface area contributed by atoms with Crippen molar-refractivity contribution in [3.8, 4) is 0 Å². The van der Waals surface area contributed by atoms with Gasteiger partial charge in [0.2, 0.25) is 0 Å². The Morgan fingerprint density at radius 3 is 2.35 bits per heavy atom. The third-order valence-electron chi connectivity index (χ3n) is 3.54. The minimum absolute atomic E-state index is 0.258. The topological polar surface area (TPSA) is 23.5 Å². The second kappa shape index (κ2) is 5.15. The quantitative estimate of drug-likeness (QED) is 0.870. The van der Waals surface area contributed by atoms with Crippen molar-refractivity contribution < 1.29 is 9.50 Å². The molecule has 17 heavy (non-hydrogen) atoms. The lowest BCUT2D eigenvalue weighted by Gasteiger charge is -2.38. The van der Waals surface area contributed by atoms with Gasteiger partial charge in [0, 0.05) is 13.1 Å². The zero-order chi connectivity index (χ0) is 12.3. The highest BCUT2D eigenvalue weighted by Gasteiger charge is 2.33. The summed E-state index contributed by atoms with van der Waals surface area (Å²) in [5, 5.41) is 10.6. The number of rotatable bonds is 3. The lowest BCUT2D eigenvalue weighted by molar-refractivity contribution is -0.0255. The predicted octanol–water partition coefficient (Wildman–Crippen LogP) is 2.33. The molecule has 1 aromatic carbocycles. The van der Waals surface area contributed by atoms with Crippen LogP contribution in [0.1, 0.15) is 24.8 Å². The lowest BCUT2D eigenvalue weighted by Crippen LogP contribution is -2.42. The van der Waals surface area contributed by atoms with E-state index in [1.165, 1.54) is 12.1 Å². The van der Waals surface area contributed by atoms with Crippen molar-refractivity contribution in [2.24, 2.45) is 0 Å². The van der Waals surface area contributed by atoms with E-state index >= 15 is 0 Å².